The summed E-state index contributed by atoms with van der Waals surface area (Å²) >= 11 is 0. The molecule has 1 heterocycles. The molecule has 0 aliphatic heterocycles. The van der Waals surface area contributed by atoms with E-state index in [-0.39, 0.29) is 37.8 Å². The minimum atomic E-state index is -2.25. The molecule has 0 radical (unpaired) electrons. The predicted octanol–water partition coefficient (Wildman–Crippen LogP) is 12.3. The summed E-state index contributed by atoms with van der Waals surface area (Å²) in [5, 5.41) is 9.33. The Balaban J connectivity index is 0.000000305. The van der Waals surface area contributed by atoms with Gasteiger partial charge >= 0.3 is 20.1 Å². The van der Waals surface area contributed by atoms with Crippen LogP contribution in [0.4, 0.5) is 0 Å². The average Bonchev–Trinajstić information content (AvgIpc) is 3.14. The van der Waals surface area contributed by atoms with Crippen LogP contribution >= 0.6 is 0 Å². The fourth-order valence-corrected chi connectivity index (χ4v) is 4.84. The second-order valence-corrected chi connectivity index (χ2v) is 13.5. The van der Waals surface area contributed by atoms with E-state index in [9.17, 15) is 5.41 Å². The number of benzene rings is 4. The normalized spacial score (nSPS) is 15.5. The molecule has 49 heavy (non-hydrogen) atoms. The van der Waals surface area contributed by atoms with Crippen molar-refractivity contribution in [1.29, 1.82) is 0 Å². The second kappa shape index (κ2) is 18.0. The van der Waals surface area contributed by atoms with Crippen LogP contribution in [0.15, 0.2) is 121 Å². The molecule has 0 atom stereocenters. The molecule has 4 aromatic carbocycles. The smallest absolute Gasteiger partial charge is 0.811 e. The standard InChI is InChI=1S/C23H24N.C23H25N.Ir/c1-17-10-12-20(14-21(17)19-8-6-5-7-9-19)22-13-11-18(16-24-22)15-23(2,3)4;1-18(20-8-6-5-7-9-20)16-22(14-15-24)21-12-10-19(11-13-21)17-23(2,3)4;/h5-11,13-14,16H,15H2,1-4H3;5-8,10-16H,17H2,1-4H3;/q-1;-2;+3/b;18-16+,22-14+;/i1D3,15D2;12D,13D,17D2;. The molecule has 0 saturated heterocycles. The fraction of sp³-hybridized carbons (Fsp3) is 0.261. The average molecular weight is 831 g/mol. The first kappa shape index (κ1) is 27.6. The first-order chi connectivity index (χ1) is 26.4. The molecule has 5 rings (SSSR count). The Morgan fingerprint density at radius 2 is 1.55 bits per heavy atom. The predicted molar refractivity (Wildman–Crippen MR) is 208 cm³/mol. The number of pyridine rings is 1. The van der Waals surface area contributed by atoms with E-state index in [0.29, 0.717) is 39.1 Å². The van der Waals surface area contributed by atoms with Gasteiger partial charge in [-0.1, -0.05) is 140 Å². The Bertz CT molecular complexity index is 2210. The van der Waals surface area contributed by atoms with E-state index in [0.717, 1.165) is 22.9 Å². The Kier molecular flexibility index (Phi) is 10.2. The van der Waals surface area contributed by atoms with Crippen molar-refractivity contribution in [2.45, 2.75) is 68.1 Å². The third-order valence-corrected chi connectivity index (χ3v) is 6.91. The van der Waals surface area contributed by atoms with Gasteiger partial charge in [-0.25, -0.2) is 0 Å². The number of aromatic nitrogens is 1. The molecule has 0 unspecified atom stereocenters. The van der Waals surface area contributed by atoms with Gasteiger partial charge in [0.1, 0.15) is 0 Å². The molecule has 0 aliphatic carbocycles. The van der Waals surface area contributed by atoms with E-state index < -0.39 is 30.4 Å². The van der Waals surface area contributed by atoms with Gasteiger partial charge in [-0.05, 0) is 57.1 Å². The molecule has 0 aliphatic rings. The molecular formula is C46H49IrN2. The minimum absolute atomic E-state index is 0. The number of rotatable bonds is 8. The van der Waals surface area contributed by atoms with E-state index in [4.69, 9.17) is 12.3 Å². The molecule has 0 saturated carbocycles. The van der Waals surface area contributed by atoms with Crippen LogP contribution in [0.2, 0.25) is 0 Å². The Morgan fingerprint density at radius 3 is 2.12 bits per heavy atom. The first-order valence-electron chi connectivity index (χ1n) is 20.4. The molecule has 0 bridgehead atoms. The van der Waals surface area contributed by atoms with Crippen molar-refractivity contribution in [3.63, 3.8) is 0 Å². The Morgan fingerprint density at radius 1 is 0.878 bits per heavy atom. The zero-order chi connectivity index (χ0) is 42.6. The maximum absolute atomic E-state index is 9.33. The van der Waals surface area contributed by atoms with Crippen molar-refractivity contribution >= 4 is 17.4 Å². The largest absolute Gasteiger partial charge is 3.00 e. The maximum Gasteiger partial charge on any atom is 3.00 e. The number of hydrogen-bond acceptors (Lipinski definition) is 1. The van der Waals surface area contributed by atoms with Crippen molar-refractivity contribution in [3.8, 4) is 22.4 Å². The minimum Gasteiger partial charge on any atom is -0.811 e. The van der Waals surface area contributed by atoms with Gasteiger partial charge in [-0.15, -0.1) is 70.8 Å². The molecule has 0 amide bonds. The zero-order valence-corrected chi connectivity index (χ0v) is 31.6. The van der Waals surface area contributed by atoms with Crippen LogP contribution < -0.4 is 0 Å². The van der Waals surface area contributed by atoms with Gasteiger partial charge in [-0.2, -0.15) is 6.21 Å². The van der Waals surface area contributed by atoms with Gasteiger partial charge in [0, 0.05) is 15.8 Å². The third-order valence-electron chi connectivity index (χ3n) is 6.91. The quantitative estimate of drug-likeness (QED) is 0.0871. The molecule has 0 N–H and O–H groups in total. The zero-order valence-electron chi connectivity index (χ0n) is 38.2. The van der Waals surface area contributed by atoms with Crippen molar-refractivity contribution < 1.29 is 32.4 Å². The summed E-state index contributed by atoms with van der Waals surface area (Å²) < 4.78 is 74.0. The number of hydrogen-bond donors (Lipinski definition) is 0. The fourth-order valence-electron chi connectivity index (χ4n) is 4.84. The monoisotopic (exact) mass is 831 g/mol. The van der Waals surface area contributed by atoms with Crippen LogP contribution in [0, 0.1) is 29.8 Å². The first-order valence-corrected chi connectivity index (χ1v) is 15.9. The Labute approximate surface area is 322 Å². The molecule has 3 heteroatoms. The molecule has 252 valence electrons. The summed E-state index contributed by atoms with van der Waals surface area (Å²) in [6.07, 6.45) is 2.46. The van der Waals surface area contributed by atoms with Crippen LogP contribution in [0.5, 0.6) is 0 Å². The van der Waals surface area contributed by atoms with Gasteiger partial charge in [0.2, 0.25) is 0 Å². The van der Waals surface area contributed by atoms with Crippen molar-refractivity contribution in [1.82, 2.24) is 4.98 Å². The third kappa shape index (κ3) is 12.7. The second-order valence-electron chi connectivity index (χ2n) is 13.5. The summed E-state index contributed by atoms with van der Waals surface area (Å²) in [5.41, 5.74) is 5.15. The molecule has 0 fully saturated rings. The van der Waals surface area contributed by atoms with Gasteiger partial charge in [0.25, 0.3) is 0 Å². The van der Waals surface area contributed by atoms with Gasteiger partial charge in [0.15, 0.2) is 0 Å². The topological polar surface area (TPSA) is 35.2 Å². The molecule has 1 aromatic heterocycles. The maximum atomic E-state index is 9.33. The van der Waals surface area contributed by atoms with E-state index >= 15 is 0 Å². The van der Waals surface area contributed by atoms with Crippen molar-refractivity contribution in [3.05, 3.63) is 167 Å². The molecule has 0 spiro atoms. The molecule has 5 aromatic rings. The Hall–Kier alpha value is -4.17. The van der Waals surface area contributed by atoms with Crippen molar-refractivity contribution in [2.75, 3.05) is 0 Å². The molecule has 2 nitrogen and oxygen atoms in total. The SMILES string of the molecule is [2H]C([2H])([2H])c1c[c-]c(-c2ccc(C([2H])([2H])C(C)(C)C)cn2)cc1-c1ccccc1.[2H]c1cc(C([2H])([2H])C(C)(C)C)cc([2H])c1C(/C=C(\C)c1[c-]cccc1)=C/C=[N-].[Ir+3]. The van der Waals surface area contributed by atoms with Crippen LogP contribution in [0.3, 0.4) is 0 Å². The summed E-state index contributed by atoms with van der Waals surface area (Å²) in [6, 6.07) is 32.9. The van der Waals surface area contributed by atoms with Crippen LogP contribution in [0.25, 0.3) is 38.9 Å². The van der Waals surface area contributed by atoms with E-state index in [1.807, 2.05) is 82.3 Å². The van der Waals surface area contributed by atoms with E-state index in [1.54, 1.807) is 51.2 Å². The van der Waals surface area contributed by atoms with E-state index in [1.165, 1.54) is 24.3 Å². The number of nitrogens with zero attached hydrogens (tertiary/aromatic N) is 2. The van der Waals surface area contributed by atoms with Gasteiger partial charge < -0.3 is 10.4 Å². The summed E-state index contributed by atoms with van der Waals surface area (Å²) in [5.74, 6) is 0. The van der Waals surface area contributed by atoms with E-state index in [2.05, 4.69) is 17.1 Å². The van der Waals surface area contributed by atoms with Crippen LogP contribution in [-0.4, -0.2) is 11.2 Å². The number of allylic oxidation sites excluding steroid dienone is 4. The molecular weight excluding hydrogens is 773 g/mol. The van der Waals surface area contributed by atoms with Gasteiger partial charge in [-0.3, -0.25) is 0 Å². The van der Waals surface area contributed by atoms with Gasteiger partial charge in [0.05, 0.1) is 2.74 Å². The van der Waals surface area contributed by atoms with Crippen LogP contribution in [0.1, 0.15) is 88.6 Å². The summed E-state index contributed by atoms with van der Waals surface area (Å²) in [7, 11) is 0. The van der Waals surface area contributed by atoms with Crippen molar-refractivity contribution in [2.24, 2.45) is 10.8 Å². The summed E-state index contributed by atoms with van der Waals surface area (Å²) in [4.78, 5) is 4.44. The number of aryl methyl sites for hydroxylation is 1. The van der Waals surface area contributed by atoms with Crippen LogP contribution in [-0.2, 0) is 32.9 Å². The summed E-state index contributed by atoms with van der Waals surface area (Å²) in [6.45, 7) is 10.6.